The van der Waals surface area contributed by atoms with Crippen LogP contribution in [0.2, 0.25) is 0 Å². The topological polar surface area (TPSA) is 55.1 Å². The molecule has 0 radical (unpaired) electrons. The Morgan fingerprint density at radius 2 is 2.58 bits per heavy atom. The van der Waals surface area contributed by atoms with E-state index in [1.54, 1.807) is 0 Å². The maximum absolute atomic E-state index is 11.3. The lowest BCUT2D eigenvalue weighted by Gasteiger charge is -1.98. The molecule has 1 heterocycles. The molecular formula is C8H10N2O2. The van der Waals surface area contributed by atoms with Crippen LogP contribution in [-0.2, 0) is 0 Å². The van der Waals surface area contributed by atoms with E-state index in [4.69, 9.17) is 0 Å². The second-order valence-corrected chi connectivity index (χ2v) is 3.21. The lowest BCUT2D eigenvalue weighted by Crippen LogP contribution is -2.25. The highest BCUT2D eigenvalue weighted by Crippen LogP contribution is 2.29. The summed E-state index contributed by atoms with van der Waals surface area (Å²) in [5, 5.41) is 6.32. The zero-order valence-electron chi connectivity index (χ0n) is 6.78. The summed E-state index contributed by atoms with van der Waals surface area (Å²) >= 11 is 0. The summed E-state index contributed by atoms with van der Waals surface area (Å²) in [6, 6.07) is 0.354. The molecule has 64 valence electrons. The Balaban J connectivity index is 1.93. The van der Waals surface area contributed by atoms with Gasteiger partial charge in [-0.2, -0.15) is 0 Å². The maximum Gasteiger partial charge on any atom is 0.256 e. The molecule has 1 amide bonds. The smallest absolute Gasteiger partial charge is 0.256 e. The first-order valence-electron chi connectivity index (χ1n) is 3.97. The van der Waals surface area contributed by atoms with Crippen LogP contribution in [-0.4, -0.2) is 17.1 Å². The van der Waals surface area contributed by atoms with Crippen LogP contribution in [0.5, 0.6) is 0 Å². The van der Waals surface area contributed by atoms with E-state index in [-0.39, 0.29) is 5.91 Å². The van der Waals surface area contributed by atoms with Crippen LogP contribution in [0.15, 0.2) is 17.0 Å². The van der Waals surface area contributed by atoms with Crippen molar-refractivity contribution in [2.45, 2.75) is 19.4 Å². The maximum atomic E-state index is 11.3. The van der Waals surface area contributed by atoms with Gasteiger partial charge in [0.25, 0.3) is 5.91 Å². The van der Waals surface area contributed by atoms with Crippen LogP contribution >= 0.6 is 0 Å². The number of nitrogens with zero attached hydrogens (tertiary/aromatic N) is 1. The Labute approximate surface area is 69.9 Å². The minimum atomic E-state index is -0.0920. The molecule has 2 atom stereocenters. The molecule has 4 heteroatoms. The molecule has 0 saturated heterocycles. The fourth-order valence-corrected chi connectivity index (χ4v) is 1.09. The summed E-state index contributed by atoms with van der Waals surface area (Å²) in [7, 11) is 0. The van der Waals surface area contributed by atoms with E-state index in [0.717, 1.165) is 6.42 Å². The van der Waals surface area contributed by atoms with Crippen LogP contribution < -0.4 is 5.32 Å². The Hall–Kier alpha value is -1.32. The predicted octanol–water partition coefficient (Wildman–Crippen LogP) is 0.813. The lowest BCUT2D eigenvalue weighted by atomic mass is 10.3. The molecule has 1 aromatic rings. The van der Waals surface area contributed by atoms with Crippen LogP contribution in [0.3, 0.4) is 0 Å². The Morgan fingerprint density at radius 3 is 3.08 bits per heavy atom. The van der Waals surface area contributed by atoms with Crippen LogP contribution in [0.1, 0.15) is 23.7 Å². The highest BCUT2D eigenvalue weighted by Gasteiger charge is 2.34. The number of carbonyl (C=O) groups excluding carboxylic acids is 1. The van der Waals surface area contributed by atoms with Gasteiger partial charge in [0.1, 0.15) is 6.26 Å². The third-order valence-corrected chi connectivity index (χ3v) is 2.12. The second-order valence-electron chi connectivity index (χ2n) is 3.21. The molecular weight excluding hydrogens is 156 g/mol. The number of hydrogen-bond donors (Lipinski definition) is 1. The molecule has 0 aliphatic heterocycles. The molecule has 2 rings (SSSR count). The first-order chi connectivity index (χ1) is 5.77. The van der Waals surface area contributed by atoms with Gasteiger partial charge in [-0.1, -0.05) is 12.1 Å². The number of rotatable bonds is 2. The summed E-state index contributed by atoms with van der Waals surface area (Å²) in [6.07, 6.45) is 3.85. The number of hydrogen-bond acceptors (Lipinski definition) is 3. The van der Waals surface area contributed by atoms with Crippen LogP contribution in [0.25, 0.3) is 0 Å². The molecule has 1 aliphatic carbocycles. The first kappa shape index (κ1) is 7.34. The van der Waals surface area contributed by atoms with E-state index in [2.05, 4.69) is 21.9 Å². The average molecular weight is 166 g/mol. The van der Waals surface area contributed by atoms with Gasteiger partial charge in [0.2, 0.25) is 0 Å². The first-order valence-corrected chi connectivity index (χ1v) is 3.97. The monoisotopic (exact) mass is 166 g/mol. The normalized spacial score (nSPS) is 26.8. The molecule has 1 N–H and O–H groups in total. The molecule has 0 unspecified atom stereocenters. The van der Waals surface area contributed by atoms with E-state index < -0.39 is 0 Å². The van der Waals surface area contributed by atoms with E-state index >= 15 is 0 Å². The third kappa shape index (κ3) is 1.32. The van der Waals surface area contributed by atoms with Gasteiger partial charge in [0, 0.05) is 6.04 Å². The molecule has 1 saturated carbocycles. The minimum Gasteiger partial charge on any atom is -0.364 e. The molecule has 1 aromatic heterocycles. The van der Waals surface area contributed by atoms with E-state index in [1.807, 2.05) is 0 Å². The quantitative estimate of drug-likeness (QED) is 0.707. The van der Waals surface area contributed by atoms with Crippen molar-refractivity contribution < 1.29 is 9.32 Å². The summed E-state index contributed by atoms with van der Waals surface area (Å²) in [6.45, 7) is 2.11. The van der Waals surface area contributed by atoms with Crippen molar-refractivity contribution in [1.29, 1.82) is 0 Å². The molecule has 1 fully saturated rings. The van der Waals surface area contributed by atoms with Gasteiger partial charge in [0.05, 0.1) is 11.8 Å². The van der Waals surface area contributed by atoms with Crippen molar-refractivity contribution >= 4 is 5.91 Å². The van der Waals surface area contributed by atoms with Crippen LogP contribution in [0.4, 0.5) is 0 Å². The van der Waals surface area contributed by atoms with Crippen molar-refractivity contribution in [3.05, 3.63) is 18.0 Å². The zero-order chi connectivity index (χ0) is 8.55. The summed E-state index contributed by atoms with van der Waals surface area (Å²) < 4.78 is 4.55. The van der Waals surface area contributed by atoms with Crippen molar-refractivity contribution in [3.63, 3.8) is 0 Å². The number of nitrogens with one attached hydrogen (secondary N) is 1. The standard InChI is InChI=1S/C8H10N2O2/c1-5-2-7(5)10-8(11)6-3-9-12-4-6/h3-5,7H,2H2,1H3,(H,10,11)/t5-,7-/m1/s1. The summed E-state index contributed by atoms with van der Waals surface area (Å²) in [5.74, 6) is 0.527. The molecule has 0 bridgehead atoms. The van der Waals surface area contributed by atoms with Gasteiger partial charge < -0.3 is 9.84 Å². The lowest BCUT2D eigenvalue weighted by molar-refractivity contribution is 0.0948. The molecule has 1 aliphatic rings. The summed E-state index contributed by atoms with van der Waals surface area (Å²) in [5.41, 5.74) is 0.495. The van der Waals surface area contributed by atoms with Gasteiger partial charge in [-0.05, 0) is 12.3 Å². The van der Waals surface area contributed by atoms with Crippen LogP contribution in [0, 0.1) is 5.92 Å². The fraction of sp³-hybridized carbons (Fsp3) is 0.500. The predicted molar refractivity (Wildman–Crippen MR) is 41.5 cm³/mol. The van der Waals surface area contributed by atoms with Crippen molar-refractivity contribution in [3.8, 4) is 0 Å². The van der Waals surface area contributed by atoms with Gasteiger partial charge in [-0.3, -0.25) is 4.79 Å². The average Bonchev–Trinajstić information content (AvgIpc) is 2.58. The minimum absolute atomic E-state index is 0.0920. The molecule has 0 spiro atoms. The highest BCUT2D eigenvalue weighted by molar-refractivity contribution is 5.93. The zero-order valence-corrected chi connectivity index (χ0v) is 6.78. The fourth-order valence-electron chi connectivity index (χ4n) is 1.09. The Kier molecular flexibility index (Phi) is 1.60. The number of carbonyl (C=O) groups is 1. The molecule has 12 heavy (non-hydrogen) atoms. The van der Waals surface area contributed by atoms with Gasteiger partial charge in [-0.25, -0.2) is 0 Å². The molecule has 4 nitrogen and oxygen atoms in total. The van der Waals surface area contributed by atoms with E-state index in [1.165, 1.54) is 12.5 Å². The van der Waals surface area contributed by atoms with Crippen molar-refractivity contribution in [2.24, 2.45) is 5.92 Å². The van der Waals surface area contributed by atoms with Gasteiger partial charge >= 0.3 is 0 Å². The van der Waals surface area contributed by atoms with E-state index in [9.17, 15) is 4.79 Å². The second kappa shape index (κ2) is 2.62. The third-order valence-electron chi connectivity index (χ3n) is 2.12. The van der Waals surface area contributed by atoms with Gasteiger partial charge in [0.15, 0.2) is 0 Å². The number of aromatic nitrogens is 1. The molecule has 0 aromatic carbocycles. The number of amides is 1. The SMILES string of the molecule is C[C@@H]1C[C@H]1NC(=O)c1cnoc1. The summed E-state index contributed by atoms with van der Waals surface area (Å²) in [4.78, 5) is 11.3. The van der Waals surface area contributed by atoms with Crippen molar-refractivity contribution in [2.75, 3.05) is 0 Å². The largest absolute Gasteiger partial charge is 0.364 e. The Morgan fingerprint density at radius 1 is 1.83 bits per heavy atom. The Bertz CT molecular complexity index is 281. The van der Waals surface area contributed by atoms with E-state index in [0.29, 0.717) is 17.5 Å². The highest BCUT2D eigenvalue weighted by atomic mass is 16.5. The van der Waals surface area contributed by atoms with Crippen molar-refractivity contribution in [1.82, 2.24) is 10.5 Å². The van der Waals surface area contributed by atoms with Gasteiger partial charge in [-0.15, -0.1) is 0 Å².